The van der Waals surface area contributed by atoms with Gasteiger partial charge in [-0.05, 0) is 31.4 Å². The number of benzene rings is 1. The van der Waals surface area contributed by atoms with E-state index in [2.05, 4.69) is 0 Å². The van der Waals surface area contributed by atoms with Crippen molar-refractivity contribution in [3.63, 3.8) is 0 Å². The SMILES string of the molecule is CCC(CC)(CN)c1c(C)c2cc(Cl)c(O)cc2oc1=O.Cl. The molecule has 0 fully saturated rings. The van der Waals surface area contributed by atoms with Gasteiger partial charge in [-0.15, -0.1) is 12.4 Å². The molecule has 1 aromatic carbocycles. The fourth-order valence-corrected chi connectivity index (χ4v) is 3.13. The predicted molar refractivity (Wildman–Crippen MR) is 92.5 cm³/mol. The standard InChI is InChI=1S/C16H20ClNO3.ClH/c1-4-16(5-2,8-18)14-9(3)10-6-11(17)12(19)7-13(10)21-15(14)20;/h6-7,19H,4-5,8,18H2,1-3H3;1H. The smallest absolute Gasteiger partial charge is 0.340 e. The van der Waals surface area contributed by atoms with Crippen molar-refractivity contribution in [1.29, 1.82) is 0 Å². The summed E-state index contributed by atoms with van der Waals surface area (Å²) in [5.41, 5.74) is 6.92. The van der Waals surface area contributed by atoms with Crippen molar-refractivity contribution in [2.24, 2.45) is 5.73 Å². The highest BCUT2D eigenvalue weighted by Gasteiger charge is 2.33. The topological polar surface area (TPSA) is 76.5 Å². The quantitative estimate of drug-likeness (QED) is 0.823. The monoisotopic (exact) mass is 345 g/mol. The lowest BCUT2D eigenvalue weighted by molar-refractivity contribution is 0.384. The minimum absolute atomic E-state index is 0. The molecule has 122 valence electrons. The van der Waals surface area contributed by atoms with Crippen LogP contribution in [-0.2, 0) is 5.41 Å². The second kappa shape index (κ2) is 6.90. The van der Waals surface area contributed by atoms with E-state index in [9.17, 15) is 9.90 Å². The molecule has 2 aromatic rings. The van der Waals surface area contributed by atoms with Crippen molar-refractivity contribution < 1.29 is 9.52 Å². The van der Waals surface area contributed by atoms with E-state index in [-0.39, 0.29) is 23.2 Å². The van der Waals surface area contributed by atoms with Crippen LogP contribution in [0.4, 0.5) is 0 Å². The Morgan fingerprint density at radius 3 is 2.41 bits per heavy atom. The Balaban J connectivity index is 0.00000242. The molecule has 2 rings (SSSR count). The van der Waals surface area contributed by atoms with Gasteiger partial charge in [-0.1, -0.05) is 25.4 Å². The van der Waals surface area contributed by atoms with Crippen LogP contribution < -0.4 is 11.4 Å². The van der Waals surface area contributed by atoms with Crippen LogP contribution in [0.3, 0.4) is 0 Å². The van der Waals surface area contributed by atoms with Gasteiger partial charge in [0.25, 0.3) is 0 Å². The normalized spacial score (nSPS) is 11.5. The van der Waals surface area contributed by atoms with Crippen LogP contribution in [-0.4, -0.2) is 11.7 Å². The Kier molecular flexibility index (Phi) is 5.90. The third kappa shape index (κ3) is 2.83. The number of hydrogen-bond acceptors (Lipinski definition) is 4. The van der Waals surface area contributed by atoms with Crippen molar-refractivity contribution >= 4 is 35.0 Å². The summed E-state index contributed by atoms with van der Waals surface area (Å²) < 4.78 is 5.39. The average Bonchev–Trinajstić information content (AvgIpc) is 2.46. The number of nitrogens with two attached hydrogens (primary N) is 1. The number of hydrogen-bond donors (Lipinski definition) is 2. The lowest BCUT2D eigenvalue weighted by Crippen LogP contribution is -2.39. The van der Waals surface area contributed by atoms with Crippen LogP contribution in [0.2, 0.25) is 5.02 Å². The molecule has 1 heterocycles. The molecule has 0 atom stereocenters. The van der Waals surface area contributed by atoms with Crippen LogP contribution in [0.15, 0.2) is 21.3 Å². The summed E-state index contributed by atoms with van der Waals surface area (Å²) in [5.74, 6) is -0.101. The molecule has 6 heteroatoms. The molecular formula is C16H21Cl2NO3. The van der Waals surface area contributed by atoms with Crippen LogP contribution >= 0.6 is 24.0 Å². The average molecular weight is 346 g/mol. The van der Waals surface area contributed by atoms with E-state index in [1.54, 1.807) is 6.07 Å². The van der Waals surface area contributed by atoms with Gasteiger partial charge in [-0.25, -0.2) is 4.79 Å². The van der Waals surface area contributed by atoms with Crippen LogP contribution in [0.1, 0.15) is 37.8 Å². The first-order valence-electron chi connectivity index (χ1n) is 7.06. The zero-order valence-electron chi connectivity index (χ0n) is 12.9. The first-order chi connectivity index (χ1) is 9.90. The lowest BCUT2D eigenvalue weighted by Gasteiger charge is -2.31. The molecule has 0 radical (unpaired) electrons. The van der Waals surface area contributed by atoms with Gasteiger partial charge in [-0.3, -0.25) is 0 Å². The molecular weight excluding hydrogens is 325 g/mol. The Morgan fingerprint density at radius 1 is 1.32 bits per heavy atom. The number of aryl methyl sites for hydroxylation is 1. The van der Waals surface area contributed by atoms with E-state index >= 15 is 0 Å². The van der Waals surface area contributed by atoms with E-state index in [0.717, 1.165) is 23.8 Å². The number of halogens is 2. The molecule has 4 nitrogen and oxygen atoms in total. The predicted octanol–water partition coefficient (Wildman–Crippen LogP) is 3.90. The third-order valence-corrected chi connectivity index (χ3v) is 4.81. The van der Waals surface area contributed by atoms with E-state index in [4.69, 9.17) is 21.8 Å². The third-order valence-electron chi connectivity index (χ3n) is 4.51. The second-order valence-corrected chi connectivity index (χ2v) is 5.79. The second-order valence-electron chi connectivity index (χ2n) is 5.38. The lowest BCUT2D eigenvalue weighted by atomic mass is 9.74. The van der Waals surface area contributed by atoms with Gasteiger partial charge >= 0.3 is 5.63 Å². The summed E-state index contributed by atoms with van der Waals surface area (Å²) >= 11 is 5.97. The van der Waals surface area contributed by atoms with Crippen molar-refractivity contribution in [2.45, 2.75) is 39.0 Å². The first kappa shape index (κ1) is 18.8. The molecule has 0 aliphatic rings. The number of phenols is 1. The highest BCUT2D eigenvalue weighted by molar-refractivity contribution is 6.32. The summed E-state index contributed by atoms with van der Waals surface area (Å²) in [6.07, 6.45) is 1.51. The maximum atomic E-state index is 12.4. The van der Waals surface area contributed by atoms with E-state index < -0.39 is 11.0 Å². The number of aromatic hydroxyl groups is 1. The summed E-state index contributed by atoms with van der Waals surface area (Å²) in [6.45, 7) is 6.28. The molecule has 0 amide bonds. The fraction of sp³-hybridized carbons (Fsp3) is 0.438. The molecule has 0 saturated carbocycles. The minimum atomic E-state index is -0.400. The van der Waals surface area contributed by atoms with Gasteiger partial charge in [0.2, 0.25) is 0 Å². The first-order valence-corrected chi connectivity index (χ1v) is 7.44. The summed E-state index contributed by atoms with van der Waals surface area (Å²) in [6, 6.07) is 3.00. The molecule has 0 unspecified atom stereocenters. The molecule has 1 aromatic heterocycles. The van der Waals surface area contributed by atoms with Crippen LogP contribution in [0.25, 0.3) is 11.0 Å². The van der Waals surface area contributed by atoms with Gasteiger partial charge in [0, 0.05) is 29.0 Å². The highest BCUT2D eigenvalue weighted by atomic mass is 35.5. The molecule has 0 aliphatic carbocycles. The Morgan fingerprint density at radius 2 is 1.91 bits per heavy atom. The number of phenolic OH excluding ortho intramolecular Hbond substituents is 1. The molecule has 0 saturated heterocycles. The molecule has 0 aliphatic heterocycles. The van der Waals surface area contributed by atoms with Crippen LogP contribution in [0, 0.1) is 6.92 Å². The minimum Gasteiger partial charge on any atom is -0.506 e. The Hall–Kier alpha value is -1.23. The van der Waals surface area contributed by atoms with Gasteiger partial charge in [0.05, 0.1) is 5.02 Å². The van der Waals surface area contributed by atoms with Gasteiger partial charge < -0.3 is 15.3 Å². The molecule has 0 bridgehead atoms. The van der Waals surface area contributed by atoms with Crippen molar-refractivity contribution in [1.82, 2.24) is 0 Å². The summed E-state index contributed by atoms with van der Waals surface area (Å²) in [5, 5.41) is 10.6. The summed E-state index contributed by atoms with van der Waals surface area (Å²) in [4.78, 5) is 12.4. The molecule has 0 spiro atoms. The molecule has 3 N–H and O–H groups in total. The largest absolute Gasteiger partial charge is 0.506 e. The Labute approximate surface area is 140 Å². The van der Waals surface area contributed by atoms with Crippen molar-refractivity contribution in [2.75, 3.05) is 6.54 Å². The van der Waals surface area contributed by atoms with Gasteiger partial charge in [-0.2, -0.15) is 0 Å². The number of fused-ring (bicyclic) bond motifs is 1. The van der Waals surface area contributed by atoms with E-state index in [1.807, 2.05) is 20.8 Å². The van der Waals surface area contributed by atoms with E-state index in [1.165, 1.54) is 6.07 Å². The number of rotatable bonds is 4. The highest BCUT2D eigenvalue weighted by Crippen LogP contribution is 2.36. The van der Waals surface area contributed by atoms with Gasteiger partial charge in [0.15, 0.2) is 0 Å². The molecule has 22 heavy (non-hydrogen) atoms. The Bertz CT molecular complexity index is 728. The van der Waals surface area contributed by atoms with Gasteiger partial charge in [0.1, 0.15) is 11.3 Å². The summed E-state index contributed by atoms with van der Waals surface area (Å²) in [7, 11) is 0. The zero-order valence-corrected chi connectivity index (χ0v) is 14.5. The fourth-order valence-electron chi connectivity index (χ4n) is 2.97. The van der Waals surface area contributed by atoms with Crippen molar-refractivity contribution in [3.05, 3.63) is 38.7 Å². The maximum absolute atomic E-state index is 12.4. The zero-order chi connectivity index (χ0) is 15.8. The van der Waals surface area contributed by atoms with E-state index in [0.29, 0.717) is 17.7 Å². The maximum Gasteiger partial charge on any atom is 0.340 e. The van der Waals surface area contributed by atoms with Crippen LogP contribution in [0.5, 0.6) is 5.75 Å². The van der Waals surface area contributed by atoms with Crippen molar-refractivity contribution in [3.8, 4) is 5.75 Å².